The maximum Gasteiger partial charge on any atom is 0.323 e. The third kappa shape index (κ3) is 5.79. The Morgan fingerprint density at radius 3 is 2.76 bits per heavy atom. The second kappa shape index (κ2) is 10.9. The minimum atomic E-state index is -0.204. The Balaban J connectivity index is 1.23. The summed E-state index contributed by atoms with van der Waals surface area (Å²) in [6.07, 6.45) is 8.60. The first-order chi connectivity index (χ1) is 17.9. The number of benzene rings is 3. The van der Waals surface area contributed by atoms with Gasteiger partial charge in [0.25, 0.3) is 0 Å². The molecule has 4 aromatic rings. The lowest BCUT2D eigenvalue weighted by Crippen LogP contribution is -1.99. The van der Waals surface area contributed by atoms with E-state index >= 15 is 0 Å². The highest BCUT2D eigenvalue weighted by Crippen LogP contribution is 2.35. The monoisotopic (exact) mass is 530 g/mol. The summed E-state index contributed by atoms with van der Waals surface area (Å²) in [6.45, 7) is 4.86. The maximum absolute atomic E-state index is 11.5. The molecule has 7 heteroatoms. The molecular formula is C30H28Cl2N4O. The van der Waals surface area contributed by atoms with E-state index in [4.69, 9.17) is 23.2 Å². The van der Waals surface area contributed by atoms with Crippen LogP contribution in [0, 0.1) is 6.92 Å². The molecule has 3 aromatic carbocycles. The maximum atomic E-state index is 11.5. The molecule has 5 rings (SSSR count). The average molecular weight is 531 g/mol. The van der Waals surface area contributed by atoms with Crippen LogP contribution < -0.4 is 5.69 Å². The van der Waals surface area contributed by atoms with Crippen molar-refractivity contribution in [1.29, 1.82) is 0 Å². The van der Waals surface area contributed by atoms with E-state index in [9.17, 15) is 4.79 Å². The average Bonchev–Trinajstić information content (AvgIpc) is 3.44. The largest absolute Gasteiger partial charge is 0.323 e. The van der Waals surface area contributed by atoms with Gasteiger partial charge < -0.3 is 9.97 Å². The molecule has 0 fully saturated rings. The Kier molecular flexibility index (Phi) is 7.45. The quantitative estimate of drug-likeness (QED) is 0.237. The van der Waals surface area contributed by atoms with Crippen LogP contribution in [0.4, 0.5) is 5.69 Å². The van der Waals surface area contributed by atoms with Gasteiger partial charge in [0.15, 0.2) is 0 Å². The predicted molar refractivity (Wildman–Crippen MR) is 156 cm³/mol. The number of aromatic amines is 2. The van der Waals surface area contributed by atoms with Gasteiger partial charge in [-0.2, -0.15) is 0 Å². The molecule has 1 aliphatic carbocycles. The summed E-state index contributed by atoms with van der Waals surface area (Å²) in [4.78, 5) is 26.3. The Labute approximate surface area is 226 Å². The summed E-state index contributed by atoms with van der Waals surface area (Å²) >= 11 is 12.7. The van der Waals surface area contributed by atoms with E-state index < -0.39 is 0 Å². The van der Waals surface area contributed by atoms with Crippen molar-refractivity contribution in [1.82, 2.24) is 9.97 Å². The van der Waals surface area contributed by atoms with Crippen LogP contribution in [0.25, 0.3) is 16.6 Å². The fraction of sp³-hybridized carbons (Fsp3) is 0.233. The van der Waals surface area contributed by atoms with Crippen molar-refractivity contribution in [2.45, 2.75) is 39.0 Å². The van der Waals surface area contributed by atoms with E-state index in [1.165, 1.54) is 11.1 Å². The van der Waals surface area contributed by atoms with Gasteiger partial charge in [-0.1, -0.05) is 35.3 Å². The summed E-state index contributed by atoms with van der Waals surface area (Å²) in [5, 5.41) is 1.42. The van der Waals surface area contributed by atoms with Crippen molar-refractivity contribution < 1.29 is 0 Å². The number of hydrogen-bond donors (Lipinski definition) is 2. The SMILES string of the molecule is C/C(=C\C=NCC1CCc2cc(Cl)ccc21)c1cc(C)c(N=CCc2ccc3[nH]c(=O)[nH]c3c2)c(Cl)c1. The van der Waals surface area contributed by atoms with Crippen LogP contribution in [-0.2, 0) is 12.8 Å². The van der Waals surface area contributed by atoms with Crippen molar-refractivity contribution in [3.05, 3.63) is 103 Å². The standard InChI is InChI=1S/C30H28Cl2N4O/c1-18(9-11-33-17-22-5-4-21-15-24(31)6-7-25(21)22)23-13-19(2)29(26(32)16-23)34-12-10-20-3-8-27-28(14-20)36-30(37)35-27/h3,6-9,11-16,22H,4-5,10,17H2,1-2H3,(H2,35,36,37)/b18-9+,33-11?,34-12?. The van der Waals surface area contributed by atoms with Crippen LogP contribution in [0.3, 0.4) is 0 Å². The van der Waals surface area contributed by atoms with Gasteiger partial charge in [0.05, 0.1) is 21.7 Å². The molecule has 0 saturated carbocycles. The van der Waals surface area contributed by atoms with Crippen LogP contribution >= 0.6 is 23.2 Å². The van der Waals surface area contributed by atoms with E-state index in [0.717, 1.165) is 63.4 Å². The summed E-state index contributed by atoms with van der Waals surface area (Å²) in [5.74, 6) is 0.457. The van der Waals surface area contributed by atoms with Gasteiger partial charge >= 0.3 is 5.69 Å². The lowest BCUT2D eigenvalue weighted by molar-refractivity contribution is 0.691. The number of nitrogens with zero attached hydrogens (tertiary/aromatic N) is 2. The van der Waals surface area contributed by atoms with E-state index in [1.54, 1.807) is 0 Å². The molecule has 1 atom stereocenters. The highest BCUT2D eigenvalue weighted by molar-refractivity contribution is 6.33. The molecule has 0 bridgehead atoms. The molecule has 5 nitrogen and oxygen atoms in total. The Hall–Kier alpha value is -3.41. The zero-order valence-electron chi connectivity index (χ0n) is 20.8. The van der Waals surface area contributed by atoms with Crippen molar-refractivity contribution >= 4 is 57.9 Å². The molecule has 1 aliphatic rings. The molecule has 0 radical (unpaired) electrons. The number of H-pyrrole nitrogens is 2. The molecule has 2 N–H and O–H groups in total. The van der Waals surface area contributed by atoms with Gasteiger partial charge in [0.2, 0.25) is 0 Å². The van der Waals surface area contributed by atoms with Gasteiger partial charge in [-0.15, -0.1) is 0 Å². The lowest BCUT2D eigenvalue weighted by Gasteiger charge is -2.09. The van der Waals surface area contributed by atoms with Gasteiger partial charge in [-0.05, 0) is 103 Å². The predicted octanol–water partition coefficient (Wildman–Crippen LogP) is 7.62. The second-order valence-corrected chi connectivity index (χ2v) is 10.4. The number of aromatic nitrogens is 2. The first kappa shape index (κ1) is 25.2. The fourth-order valence-electron chi connectivity index (χ4n) is 4.89. The van der Waals surface area contributed by atoms with Crippen LogP contribution in [0.15, 0.2) is 69.4 Å². The van der Waals surface area contributed by atoms with Gasteiger partial charge in [-0.25, -0.2) is 4.79 Å². The van der Waals surface area contributed by atoms with Crippen molar-refractivity contribution in [3.8, 4) is 0 Å². The smallest absolute Gasteiger partial charge is 0.306 e. The van der Waals surface area contributed by atoms with E-state index in [1.807, 2.05) is 55.8 Å². The number of fused-ring (bicyclic) bond motifs is 2. The zero-order chi connectivity index (χ0) is 25.9. The van der Waals surface area contributed by atoms with E-state index in [2.05, 4.69) is 45.1 Å². The third-order valence-electron chi connectivity index (χ3n) is 6.90. The van der Waals surface area contributed by atoms with Gasteiger partial charge in [0, 0.05) is 36.3 Å². The number of hydrogen-bond acceptors (Lipinski definition) is 3. The summed E-state index contributed by atoms with van der Waals surface area (Å²) in [5.41, 5.74) is 9.08. The molecule has 1 aromatic heterocycles. The van der Waals surface area contributed by atoms with Crippen LogP contribution in [-0.4, -0.2) is 28.9 Å². The molecule has 1 unspecified atom stereocenters. The number of aliphatic imine (C=N–C) groups is 2. The van der Waals surface area contributed by atoms with Crippen molar-refractivity contribution in [3.63, 3.8) is 0 Å². The molecule has 0 spiro atoms. The minimum Gasteiger partial charge on any atom is -0.306 e. The van der Waals surface area contributed by atoms with Crippen molar-refractivity contribution in [2.24, 2.45) is 9.98 Å². The number of allylic oxidation sites excluding steroid dienone is 2. The topological polar surface area (TPSA) is 73.4 Å². The first-order valence-corrected chi connectivity index (χ1v) is 13.1. The number of halogens is 2. The van der Waals surface area contributed by atoms with E-state index in [0.29, 0.717) is 17.4 Å². The first-order valence-electron chi connectivity index (χ1n) is 12.4. The fourth-order valence-corrected chi connectivity index (χ4v) is 5.40. The van der Waals surface area contributed by atoms with Gasteiger partial charge in [0.1, 0.15) is 0 Å². The molecule has 0 aliphatic heterocycles. The molecular weight excluding hydrogens is 503 g/mol. The summed E-state index contributed by atoms with van der Waals surface area (Å²) < 4.78 is 0. The Morgan fingerprint density at radius 2 is 1.92 bits per heavy atom. The number of rotatable bonds is 7. The molecule has 1 heterocycles. The number of aryl methyl sites for hydroxylation is 2. The Morgan fingerprint density at radius 1 is 1.08 bits per heavy atom. The van der Waals surface area contributed by atoms with Crippen LogP contribution in [0.1, 0.15) is 47.1 Å². The van der Waals surface area contributed by atoms with Crippen molar-refractivity contribution in [2.75, 3.05) is 6.54 Å². The van der Waals surface area contributed by atoms with Crippen LogP contribution in [0.2, 0.25) is 10.0 Å². The normalized spacial score (nSPS) is 15.9. The van der Waals surface area contributed by atoms with E-state index in [-0.39, 0.29) is 5.69 Å². The second-order valence-electron chi connectivity index (χ2n) is 9.54. The Bertz CT molecular complexity index is 1590. The summed E-state index contributed by atoms with van der Waals surface area (Å²) in [7, 11) is 0. The number of imidazole rings is 1. The highest BCUT2D eigenvalue weighted by atomic mass is 35.5. The number of nitrogens with one attached hydrogen (secondary N) is 2. The molecule has 0 amide bonds. The third-order valence-corrected chi connectivity index (χ3v) is 7.42. The van der Waals surface area contributed by atoms with Gasteiger partial charge in [-0.3, -0.25) is 9.98 Å². The summed E-state index contributed by atoms with van der Waals surface area (Å²) in [6, 6.07) is 16.1. The molecule has 0 saturated heterocycles. The minimum absolute atomic E-state index is 0.204. The molecule has 188 valence electrons. The highest BCUT2D eigenvalue weighted by Gasteiger charge is 2.21. The zero-order valence-corrected chi connectivity index (χ0v) is 22.3. The lowest BCUT2D eigenvalue weighted by atomic mass is 10.0. The van der Waals surface area contributed by atoms with Crippen LogP contribution in [0.5, 0.6) is 0 Å². The molecule has 37 heavy (non-hydrogen) atoms.